The summed E-state index contributed by atoms with van der Waals surface area (Å²) in [5.41, 5.74) is 0.975. The SMILES string of the molecule is CN(C)S(=O)(=O)c1ccc(CN2CCCc3cc(F)cc(F)c32)o1. The van der Waals surface area contributed by atoms with Crippen LogP contribution in [0.15, 0.2) is 33.8 Å². The fourth-order valence-electron chi connectivity index (χ4n) is 2.84. The highest BCUT2D eigenvalue weighted by Crippen LogP contribution is 2.32. The Balaban J connectivity index is 1.88. The van der Waals surface area contributed by atoms with Crippen LogP contribution in [0.2, 0.25) is 0 Å². The number of benzene rings is 1. The smallest absolute Gasteiger partial charge is 0.275 e. The number of furan rings is 1. The van der Waals surface area contributed by atoms with Gasteiger partial charge in [-0.1, -0.05) is 0 Å². The lowest BCUT2D eigenvalue weighted by Crippen LogP contribution is -2.29. The van der Waals surface area contributed by atoms with Crippen molar-refractivity contribution in [1.29, 1.82) is 0 Å². The molecule has 1 aliphatic heterocycles. The zero-order chi connectivity index (χ0) is 17.5. The number of fused-ring (bicyclic) bond motifs is 1. The van der Waals surface area contributed by atoms with E-state index in [0.717, 1.165) is 16.8 Å². The molecule has 0 unspecified atom stereocenters. The third-order valence-corrected chi connectivity index (χ3v) is 5.71. The maximum Gasteiger partial charge on any atom is 0.275 e. The molecule has 0 amide bonds. The van der Waals surface area contributed by atoms with Crippen LogP contribution >= 0.6 is 0 Å². The Morgan fingerprint density at radius 3 is 2.71 bits per heavy atom. The molecular formula is C16H18F2N2O3S. The summed E-state index contributed by atoms with van der Waals surface area (Å²) in [5.74, 6) is -0.796. The van der Waals surface area contributed by atoms with Crippen LogP contribution in [-0.4, -0.2) is 33.4 Å². The second kappa shape index (κ2) is 6.18. The van der Waals surface area contributed by atoms with E-state index in [9.17, 15) is 17.2 Å². The minimum absolute atomic E-state index is 0.153. The zero-order valence-corrected chi connectivity index (χ0v) is 14.2. The van der Waals surface area contributed by atoms with Gasteiger partial charge < -0.3 is 9.32 Å². The molecule has 2 aromatic rings. The summed E-state index contributed by atoms with van der Waals surface area (Å²) in [6.07, 6.45) is 1.37. The molecule has 3 rings (SSSR count). The molecule has 0 saturated carbocycles. The van der Waals surface area contributed by atoms with E-state index >= 15 is 0 Å². The summed E-state index contributed by atoms with van der Waals surface area (Å²) in [4.78, 5) is 1.75. The Kier molecular flexibility index (Phi) is 4.35. The molecule has 5 nitrogen and oxygen atoms in total. The van der Waals surface area contributed by atoms with E-state index in [4.69, 9.17) is 4.42 Å². The van der Waals surface area contributed by atoms with Crippen LogP contribution in [0.25, 0.3) is 0 Å². The second-order valence-corrected chi connectivity index (χ2v) is 8.01. The van der Waals surface area contributed by atoms with Crippen LogP contribution in [-0.2, 0) is 23.0 Å². The molecule has 0 bridgehead atoms. The number of halogens is 2. The molecular weight excluding hydrogens is 338 g/mol. The molecule has 0 aliphatic carbocycles. The lowest BCUT2D eigenvalue weighted by Gasteiger charge is -2.31. The predicted molar refractivity (Wildman–Crippen MR) is 85.3 cm³/mol. The first-order valence-corrected chi connectivity index (χ1v) is 8.97. The highest BCUT2D eigenvalue weighted by molar-refractivity contribution is 7.88. The molecule has 8 heteroatoms. The summed E-state index contributed by atoms with van der Waals surface area (Å²) in [6.45, 7) is 0.810. The fourth-order valence-corrected chi connectivity index (χ4v) is 3.66. The Morgan fingerprint density at radius 1 is 1.25 bits per heavy atom. The second-order valence-electron chi connectivity index (χ2n) is 5.93. The molecule has 1 aromatic heterocycles. The number of nitrogens with zero attached hydrogens (tertiary/aromatic N) is 2. The standard InChI is InChI=1S/C16H18F2N2O3S/c1-19(2)24(21,22)15-6-5-13(23-15)10-20-7-3-4-11-8-12(17)9-14(18)16(11)20/h5-6,8-9H,3-4,7,10H2,1-2H3. The van der Waals surface area contributed by atoms with Crippen molar-refractivity contribution in [3.63, 3.8) is 0 Å². The van der Waals surface area contributed by atoms with Gasteiger partial charge in [0.1, 0.15) is 17.4 Å². The molecule has 2 heterocycles. The van der Waals surface area contributed by atoms with E-state index in [0.29, 0.717) is 30.0 Å². The topological polar surface area (TPSA) is 53.8 Å². The number of rotatable bonds is 4. The molecule has 24 heavy (non-hydrogen) atoms. The van der Waals surface area contributed by atoms with Crippen molar-refractivity contribution in [3.05, 3.63) is 47.2 Å². The first-order chi connectivity index (χ1) is 11.3. The van der Waals surface area contributed by atoms with E-state index in [1.807, 2.05) is 0 Å². The van der Waals surface area contributed by atoms with Gasteiger partial charge in [-0.3, -0.25) is 0 Å². The lowest BCUT2D eigenvalue weighted by molar-refractivity contribution is 0.394. The predicted octanol–water partition coefficient (Wildman–Crippen LogP) is 2.76. The minimum atomic E-state index is -3.65. The van der Waals surface area contributed by atoms with Crippen molar-refractivity contribution in [2.24, 2.45) is 0 Å². The van der Waals surface area contributed by atoms with E-state index in [-0.39, 0.29) is 11.6 Å². The molecule has 1 aromatic carbocycles. The summed E-state index contributed by atoms with van der Waals surface area (Å²) in [6, 6.07) is 5.15. The van der Waals surface area contributed by atoms with E-state index in [1.54, 1.807) is 11.0 Å². The van der Waals surface area contributed by atoms with Gasteiger partial charge in [-0.15, -0.1) is 0 Å². The molecule has 0 atom stereocenters. The average Bonchev–Trinajstić information content (AvgIpc) is 2.95. The fraction of sp³-hybridized carbons (Fsp3) is 0.375. The van der Waals surface area contributed by atoms with Crippen molar-refractivity contribution in [2.75, 3.05) is 25.5 Å². The molecule has 0 radical (unpaired) electrons. The van der Waals surface area contributed by atoms with Crippen LogP contribution in [0.3, 0.4) is 0 Å². The zero-order valence-electron chi connectivity index (χ0n) is 13.4. The van der Waals surface area contributed by atoms with Gasteiger partial charge in [0.2, 0.25) is 5.09 Å². The van der Waals surface area contributed by atoms with Crippen molar-refractivity contribution in [2.45, 2.75) is 24.5 Å². The number of anilines is 1. The van der Waals surface area contributed by atoms with Crippen LogP contribution < -0.4 is 4.90 Å². The first kappa shape index (κ1) is 16.9. The van der Waals surface area contributed by atoms with Crippen LogP contribution in [0, 0.1) is 11.6 Å². The molecule has 1 aliphatic rings. The number of hydrogen-bond donors (Lipinski definition) is 0. The number of sulfonamides is 1. The molecule has 0 N–H and O–H groups in total. The van der Waals surface area contributed by atoms with Gasteiger partial charge in [0.25, 0.3) is 10.0 Å². The normalized spacial score (nSPS) is 15.0. The quantitative estimate of drug-likeness (QED) is 0.845. The first-order valence-electron chi connectivity index (χ1n) is 7.53. The van der Waals surface area contributed by atoms with Gasteiger partial charge in [-0.2, -0.15) is 0 Å². The summed E-state index contributed by atoms with van der Waals surface area (Å²) < 4.78 is 58.1. The molecule has 0 saturated heterocycles. The van der Waals surface area contributed by atoms with Gasteiger partial charge in [0.15, 0.2) is 0 Å². The van der Waals surface area contributed by atoms with Crippen LogP contribution in [0.5, 0.6) is 0 Å². The molecule has 130 valence electrons. The van der Waals surface area contributed by atoms with Crippen molar-refractivity contribution >= 4 is 15.7 Å². The largest absolute Gasteiger partial charge is 0.446 e. The van der Waals surface area contributed by atoms with Gasteiger partial charge in [-0.05, 0) is 36.6 Å². The highest BCUT2D eigenvalue weighted by Gasteiger charge is 2.25. The average molecular weight is 356 g/mol. The number of aryl methyl sites for hydroxylation is 1. The minimum Gasteiger partial charge on any atom is -0.446 e. The van der Waals surface area contributed by atoms with Crippen molar-refractivity contribution < 1.29 is 21.6 Å². The Morgan fingerprint density at radius 2 is 2.00 bits per heavy atom. The Hall–Kier alpha value is -1.93. The van der Waals surface area contributed by atoms with E-state index in [2.05, 4.69) is 0 Å². The molecule has 0 fully saturated rings. The molecule has 0 spiro atoms. The third kappa shape index (κ3) is 3.03. The van der Waals surface area contributed by atoms with Crippen molar-refractivity contribution in [3.8, 4) is 0 Å². The van der Waals surface area contributed by atoms with Crippen molar-refractivity contribution in [1.82, 2.24) is 4.31 Å². The van der Waals surface area contributed by atoms with Gasteiger partial charge >= 0.3 is 0 Å². The maximum atomic E-state index is 14.2. The Labute approximate surface area is 139 Å². The van der Waals surface area contributed by atoms with Gasteiger partial charge in [0.05, 0.1) is 12.2 Å². The number of hydrogen-bond acceptors (Lipinski definition) is 4. The van der Waals surface area contributed by atoms with E-state index < -0.39 is 21.7 Å². The summed E-state index contributed by atoms with van der Waals surface area (Å²) >= 11 is 0. The summed E-state index contributed by atoms with van der Waals surface area (Å²) in [5, 5.41) is -0.153. The lowest BCUT2D eigenvalue weighted by atomic mass is 10.0. The highest BCUT2D eigenvalue weighted by atomic mass is 32.2. The van der Waals surface area contributed by atoms with E-state index in [1.165, 1.54) is 26.2 Å². The Bertz CT molecular complexity index is 862. The maximum absolute atomic E-state index is 14.2. The van der Waals surface area contributed by atoms with Gasteiger partial charge in [-0.25, -0.2) is 21.5 Å². The monoisotopic (exact) mass is 356 g/mol. The van der Waals surface area contributed by atoms with Crippen LogP contribution in [0.1, 0.15) is 17.7 Å². The third-order valence-electron chi connectivity index (χ3n) is 4.02. The van der Waals surface area contributed by atoms with Gasteiger partial charge in [0, 0.05) is 26.7 Å². The summed E-state index contributed by atoms with van der Waals surface area (Å²) in [7, 11) is -0.809. The van der Waals surface area contributed by atoms with Crippen LogP contribution in [0.4, 0.5) is 14.5 Å².